The topological polar surface area (TPSA) is 245 Å². The molecule has 0 aliphatic carbocycles. The lowest BCUT2D eigenvalue weighted by Gasteiger charge is -2.46. The van der Waals surface area contributed by atoms with Crippen molar-refractivity contribution in [2.24, 2.45) is 0 Å². The Morgan fingerprint density at radius 3 is 2.17 bits per heavy atom. The number of nitrogens with one attached hydrogen (secondary N) is 1. The molecular weight excluding hydrogens is 437 g/mol. The molecule has 9 N–H and O–H groups in total. The third kappa shape index (κ3) is 6.14. The van der Waals surface area contributed by atoms with E-state index in [9.17, 15) is 40.0 Å². The van der Waals surface area contributed by atoms with Crippen LogP contribution in [0.15, 0.2) is 0 Å². The van der Waals surface area contributed by atoms with Crippen molar-refractivity contribution in [3.63, 3.8) is 0 Å². The van der Waals surface area contributed by atoms with Crippen LogP contribution >= 0.6 is 7.82 Å². The summed E-state index contributed by atoms with van der Waals surface area (Å²) in [7, 11) is -4.94. The monoisotopic (exact) mass is 463 g/mol. The van der Waals surface area contributed by atoms with E-state index < -0.39 is 88.3 Å². The first-order chi connectivity index (χ1) is 13.9. The summed E-state index contributed by atoms with van der Waals surface area (Å²) in [5.41, 5.74) is 0. The summed E-state index contributed by atoms with van der Waals surface area (Å²) >= 11 is 0. The zero-order valence-electron chi connectivity index (χ0n) is 15.7. The summed E-state index contributed by atoms with van der Waals surface area (Å²) < 4.78 is 30.8. The van der Waals surface area contributed by atoms with Crippen LogP contribution in [0.3, 0.4) is 0 Å². The zero-order chi connectivity index (χ0) is 22.8. The van der Waals surface area contributed by atoms with Gasteiger partial charge in [-0.3, -0.25) is 9.32 Å². The summed E-state index contributed by atoms with van der Waals surface area (Å²) in [6, 6.07) is -1.37. The van der Waals surface area contributed by atoms with Crippen molar-refractivity contribution in [2.75, 3.05) is 13.2 Å². The molecule has 0 spiro atoms. The highest BCUT2D eigenvalue weighted by Gasteiger charge is 2.51. The van der Waals surface area contributed by atoms with E-state index in [1.165, 1.54) is 0 Å². The molecule has 10 atom stereocenters. The molecule has 0 radical (unpaired) electrons. The number of hydrogen-bond donors (Lipinski definition) is 9. The number of hydrogen-bond acceptors (Lipinski definition) is 12. The summed E-state index contributed by atoms with van der Waals surface area (Å²) in [6.07, 6.45) is -15.1. The molecule has 15 nitrogen and oxygen atoms in total. The molecule has 16 heteroatoms. The number of amides is 1. The quantitative estimate of drug-likeness (QED) is 0.160. The third-order valence-corrected chi connectivity index (χ3v) is 5.09. The van der Waals surface area contributed by atoms with Gasteiger partial charge in [0.25, 0.3) is 0 Å². The first kappa shape index (κ1) is 25.5. The molecule has 0 aromatic heterocycles. The Balaban J connectivity index is 2.16. The van der Waals surface area contributed by atoms with Gasteiger partial charge in [0, 0.05) is 6.92 Å². The molecule has 0 aromatic carbocycles. The summed E-state index contributed by atoms with van der Waals surface area (Å²) in [6.45, 7) is -0.523. The number of phosphoric ester groups is 1. The van der Waals surface area contributed by atoms with Crippen molar-refractivity contribution < 1.29 is 68.5 Å². The van der Waals surface area contributed by atoms with Crippen LogP contribution in [0.1, 0.15) is 6.92 Å². The Hall–Kier alpha value is -0.780. The Kier molecular flexibility index (Phi) is 8.68. The second-order valence-electron chi connectivity index (χ2n) is 6.87. The number of carbonyl (C=O) groups is 1. The Morgan fingerprint density at radius 2 is 1.63 bits per heavy atom. The Morgan fingerprint density at radius 1 is 1.00 bits per heavy atom. The molecular formula is C14H26NO14P. The standard InChI is InChI=1S/C14H26NO14P/c1-4(17)15-7-9(19)12(5(2-16)27-13(7)22)29-14-11(21)10(20)8(18)6(28-14)3-26-30(23,24)25/h5-14,16,18-22H,2-3H2,1H3,(H,15,17)(H2,23,24,25)/t5-,6-,7-,8+,9-,10+,11-,12-,13-,14+/m1/s1. The molecule has 0 unspecified atom stereocenters. The normalized spacial score (nSPS) is 42.7. The highest BCUT2D eigenvalue weighted by Crippen LogP contribution is 2.37. The van der Waals surface area contributed by atoms with Gasteiger partial charge in [-0.15, -0.1) is 0 Å². The predicted molar refractivity (Wildman–Crippen MR) is 91.1 cm³/mol. The summed E-state index contributed by atoms with van der Waals surface area (Å²) in [5, 5.41) is 62.2. The molecule has 2 fully saturated rings. The predicted octanol–water partition coefficient (Wildman–Crippen LogP) is -5.14. The molecule has 30 heavy (non-hydrogen) atoms. The molecule has 176 valence electrons. The van der Waals surface area contributed by atoms with Crippen molar-refractivity contribution in [3.05, 3.63) is 0 Å². The molecule has 1 amide bonds. The van der Waals surface area contributed by atoms with Crippen LogP contribution < -0.4 is 5.32 Å². The lowest BCUT2D eigenvalue weighted by molar-refractivity contribution is -0.344. The van der Waals surface area contributed by atoms with Gasteiger partial charge in [-0.2, -0.15) is 0 Å². The van der Waals surface area contributed by atoms with Crippen molar-refractivity contribution in [2.45, 2.75) is 68.3 Å². The van der Waals surface area contributed by atoms with Crippen molar-refractivity contribution in [3.8, 4) is 0 Å². The van der Waals surface area contributed by atoms with Gasteiger partial charge in [0.15, 0.2) is 12.6 Å². The molecule has 2 aliphatic heterocycles. The molecule has 2 heterocycles. The molecule has 0 saturated carbocycles. The summed E-state index contributed by atoms with van der Waals surface area (Å²) in [5.74, 6) is -0.620. The average Bonchev–Trinajstić information content (AvgIpc) is 2.65. The van der Waals surface area contributed by atoms with Gasteiger partial charge < -0.3 is 60.0 Å². The fourth-order valence-electron chi connectivity index (χ4n) is 3.13. The van der Waals surface area contributed by atoms with Gasteiger partial charge in [0.05, 0.1) is 13.2 Å². The van der Waals surface area contributed by atoms with Crippen LogP contribution in [-0.4, -0.2) is 121 Å². The number of aliphatic hydroxyl groups is 6. The van der Waals surface area contributed by atoms with Gasteiger partial charge in [-0.05, 0) is 0 Å². The van der Waals surface area contributed by atoms with Crippen molar-refractivity contribution in [1.29, 1.82) is 0 Å². The van der Waals surface area contributed by atoms with Crippen LogP contribution in [0.4, 0.5) is 0 Å². The van der Waals surface area contributed by atoms with E-state index in [1.54, 1.807) is 0 Å². The van der Waals surface area contributed by atoms with Crippen LogP contribution in [-0.2, 0) is 28.1 Å². The third-order valence-electron chi connectivity index (χ3n) is 4.61. The van der Waals surface area contributed by atoms with E-state index in [0.29, 0.717) is 0 Å². The Bertz CT molecular complexity index is 632. The number of rotatable bonds is 7. The molecule has 0 aromatic rings. The fraction of sp³-hybridized carbons (Fsp3) is 0.929. The SMILES string of the molecule is CC(=O)N[C@@H]1[C@@H](O)[C@H](O[C@@H]2O[C@H](COP(=O)(O)O)[C@H](O)[C@H](O)[C@H]2O)[C@@H](CO)O[C@H]1O. The smallest absolute Gasteiger partial charge is 0.394 e. The van der Waals surface area contributed by atoms with Gasteiger partial charge in [0.1, 0.15) is 48.8 Å². The first-order valence-corrected chi connectivity index (χ1v) is 10.3. The van der Waals surface area contributed by atoms with Gasteiger partial charge in [-0.25, -0.2) is 4.57 Å². The zero-order valence-corrected chi connectivity index (χ0v) is 16.6. The average molecular weight is 463 g/mol. The van der Waals surface area contributed by atoms with Crippen LogP contribution in [0.25, 0.3) is 0 Å². The summed E-state index contributed by atoms with van der Waals surface area (Å²) in [4.78, 5) is 28.9. The minimum absolute atomic E-state index is 0.620. The van der Waals surface area contributed by atoms with E-state index in [0.717, 1.165) is 6.92 Å². The van der Waals surface area contributed by atoms with E-state index in [4.69, 9.17) is 24.0 Å². The second-order valence-corrected chi connectivity index (χ2v) is 8.11. The minimum Gasteiger partial charge on any atom is -0.394 e. The minimum atomic E-state index is -4.94. The van der Waals surface area contributed by atoms with Crippen molar-refractivity contribution >= 4 is 13.7 Å². The van der Waals surface area contributed by atoms with E-state index in [1.807, 2.05) is 0 Å². The van der Waals surface area contributed by atoms with Gasteiger partial charge >= 0.3 is 7.82 Å². The maximum Gasteiger partial charge on any atom is 0.469 e. The van der Waals surface area contributed by atoms with Gasteiger partial charge in [0.2, 0.25) is 5.91 Å². The second kappa shape index (κ2) is 10.2. The number of carbonyl (C=O) groups excluding carboxylic acids is 1. The molecule has 2 saturated heterocycles. The first-order valence-electron chi connectivity index (χ1n) is 8.80. The van der Waals surface area contributed by atoms with E-state index in [-0.39, 0.29) is 0 Å². The number of ether oxygens (including phenoxy) is 3. The molecule has 2 aliphatic rings. The largest absolute Gasteiger partial charge is 0.469 e. The van der Waals surface area contributed by atoms with Crippen LogP contribution in [0, 0.1) is 0 Å². The Labute approximate surface area is 170 Å². The fourth-order valence-corrected chi connectivity index (χ4v) is 3.47. The highest BCUT2D eigenvalue weighted by molar-refractivity contribution is 7.46. The van der Waals surface area contributed by atoms with E-state index in [2.05, 4.69) is 9.84 Å². The lowest BCUT2D eigenvalue weighted by Crippen LogP contribution is -2.67. The van der Waals surface area contributed by atoms with Crippen LogP contribution in [0.2, 0.25) is 0 Å². The number of aliphatic hydroxyl groups excluding tert-OH is 6. The van der Waals surface area contributed by atoms with Gasteiger partial charge in [-0.1, -0.05) is 0 Å². The molecule has 2 rings (SSSR count). The lowest BCUT2D eigenvalue weighted by atomic mass is 9.95. The van der Waals surface area contributed by atoms with Crippen molar-refractivity contribution in [1.82, 2.24) is 5.32 Å². The highest BCUT2D eigenvalue weighted by atomic mass is 31.2. The number of phosphoric acid groups is 1. The molecule has 0 bridgehead atoms. The maximum atomic E-state index is 11.3. The van der Waals surface area contributed by atoms with Crippen LogP contribution in [0.5, 0.6) is 0 Å². The maximum absolute atomic E-state index is 11.3. The van der Waals surface area contributed by atoms with E-state index >= 15 is 0 Å².